The molecule has 1 heterocycles. The second kappa shape index (κ2) is 9.78. The lowest BCUT2D eigenvalue weighted by Gasteiger charge is -2.28. The van der Waals surface area contributed by atoms with Crippen LogP contribution >= 0.6 is 0 Å². The fourth-order valence-corrected chi connectivity index (χ4v) is 4.66. The van der Waals surface area contributed by atoms with E-state index in [0.29, 0.717) is 39.1 Å². The van der Waals surface area contributed by atoms with E-state index in [1.807, 2.05) is 31.2 Å². The van der Waals surface area contributed by atoms with E-state index in [1.165, 1.54) is 0 Å². The van der Waals surface area contributed by atoms with Gasteiger partial charge in [-0.1, -0.05) is 18.2 Å². The molecule has 1 unspecified atom stereocenters. The van der Waals surface area contributed by atoms with Crippen LogP contribution in [-0.2, 0) is 14.6 Å². The number of carbonyl (C=O) groups excluding carboxylic acids is 1. The Labute approximate surface area is 155 Å². The summed E-state index contributed by atoms with van der Waals surface area (Å²) in [5.74, 6) is 1.01. The highest BCUT2D eigenvalue weighted by atomic mass is 32.2. The Kier molecular flexibility index (Phi) is 7.71. The van der Waals surface area contributed by atoms with Crippen LogP contribution in [0.1, 0.15) is 18.4 Å². The van der Waals surface area contributed by atoms with Crippen molar-refractivity contribution in [1.82, 2.24) is 10.2 Å². The number of amides is 2. The van der Waals surface area contributed by atoms with Crippen molar-refractivity contribution in [2.45, 2.75) is 25.8 Å². The molecule has 2 rings (SSSR count). The standard InChI is InChI=1S/C18H28N2O5S/c1-15-6-3-4-7-17(15)25-11-5-9-19-18(21)20(10-12-24-2)16-8-13-26(22,23)14-16/h3-4,6-7,16H,5,8-14H2,1-2H3,(H,19,21). The number of ether oxygens (including phenoxy) is 2. The van der Waals surface area contributed by atoms with E-state index in [1.54, 1.807) is 12.0 Å². The Morgan fingerprint density at radius 3 is 2.73 bits per heavy atom. The first kappa shape index (κ1) is 20.5. The van der Waals surface area contributed by atoms with Gasteiger partial charge < -0.3 is 19.7 Å². The largest absolute Gasteiger partial charge is 0.493 e. The maximum Gasteiger partial charge on any atom is 0.317 e. The summed E-state index contributed by atoms with van der Waals surface area (Å²) in [7, 11) is -1.49. The monoisotopic (exact) mass is 384 g/mol. The molecule has 1 fully saturated rings. The summed E-state index contributed by atoms with van der Waals surface area (Å²) < 4.78 is 34.1. The Morgan fingerprint density at radius 1 is 1.31 bits per heavy atom. The van der Waals surface area contributed by atoms with Crippen molar-refractivity contribution in [3.63, 3.8) is 0 Å². The molecule has 1 atom stereocenters. The zero-order valence-corrected chi connectivity index (χ0v) is 16.3. The summed E-state index contributed by atoms with van der Waals surface area (Å²) in [4.78, 5) is 14.0. The number of rotatable bonds is 9. The first-order valence-corrected chi connectivity index (χ1v) is 10.7. The third kappa shape index (κ3) is 6.17. The first-order chi connectivity index (χ1) is 12.4. The van der Waals surface area contributed by atoms with Crippen molar-refractivity contribution in [2.75, 3.05) is 44.9 Å². The first-order valence-electron chi connectivity index (χ1n) is 8.85. The van der Waals surface area contributed by atoms with Gasteiger partial charge in [-0.3, -0.25) is 0 Å². The SMILES string of the molecule is COCCN(C(=O)NCCCOc1ccccc1C)C1CCS(=O)(=O)C1. The van der Waals surface area contributed by atoms with Gasteiger partial charge in [0.1, 0.15) is 5.75 Å². The molecule has 7 nitrogen and oxygen atoms in total. The minimum absolute atomic E-state index is 0.0283. The molecule has 0 spiro atoms. The molecule has 26 heavy (non-hydrogen) atoms. The lowest BCUT2D eigenvalue weighted by atomic mass is 10.2. The molecule has 1 saturated heterocycles. The summed E-state index contributed by atoms with van der Waals surface area (Å²) in [5, 5.41) is 2.85. The number of urea groups is 1. The van der Waals surface area contributed by atoms with Crippen LogP contribution in [0.2, 0.25) is 0 Å². The van der Waals surface area contributed by atoms with E-state index in [-0.39, 0.29) is 23.6 Å². The summed E-state index contributed by atoms with van der Waals surface area (Å²) in [5.41, 5.74) is 1.07. The van der Waals surface area contributed by atoms with E-state index < -0.39 is 9.84 Å². The van der Waals surface area contributed by atoms with Crippen LogP contribution in [0.25, 0.3) is 0 Å². The fraction of sp³-hybridized carbons (Fsp3) is 0.611. The second-order valence-corrected chi connectivity index (χ2v) is 8.67. The van der Waals surface area contributed by atoms with Crippen LogP contribution in [0.15, 0.2) is 24.3 Å². The number of aryl methyl sites for hydroxylation is 1. The lowest BCUT2D eigenvalue weighted by Crippen LogP contribution is -2.48. The van der Waals surface area contributed by atoms with Crippen LogP contribution in [0.5, 0.6) is 5.75 Å². The van der Waals surface area contributed by atoms with Gasteiger partial charge in [0.2, 0.25) is 0 Å². The number of carbonyl (C=O) groups is 1. The molecular weight excluding hydrogens is 356 g/mol. The molecule has 0 bridgehead atoms. The average Bonchev–Trinajstić information content (AvgIpc) is 2.96. The predicted octanol–water partition coefficient (Wildman–Crippen LogP) is 1.61. The highest BCUT2D eigenvalue weighted by Gasteiger charge is 2.34. The van der Waals surface area contributed by atoms with Gasteiger partial charge in [0.05, 0.1) is 24.7 Å². The molecule has 1 aromatic rings. The molecule has 1 aliphatic rings. The molecule has 1 aromatic carbocycles. The van der Waals surface area contributed by atoms with Crippen LogP contribution in [0, 0.1) is 6.92 Å². The van der Waals surface area contributed by atoms with Crippen LogP contribution < -0.4 is 10.1 Å². The average molecular weight is 384 g/mol. The second-order valence-electron chi connectivity index (χ2n) is 6.44. The van der Waals surface area contributed by atoms with Gasteiger partial charge in [0, 0.05) is 26.2 Å². The number of para-hydroxylation sites is 1. The van der Waals surface area contributed by atoms with Crippen LogP contribution in [-0.4, -0.2) is 70.3 Å². The van der Waals surface area contributed by atoms with Gasteiger partial charge in [-0.15, -0.1) is 0 Å². The molecule has 146 valence electrons. The van der Waals surface area contributed by atoms with E-state index >= 15 is 0 Å². The molecular formula is C18H28N2O5S. The van der Waals surface area contributed by atoms with Crippen LogP contribution in [0.3, 0.4) is 0 Å². The number of nitrogens with one attached hydrogen (secondary N) is 1. The molecule has 1 aliphatic heterocycles. The zero-order valence-electron chi connectivity index (χ0n) is 15.4. The quantitative estimate of drug-likeness (QED) is 0.654. The topological polar surface area (TPSA) is 84.9 Å². The molecule has 8 heteroatoms. The molecule has 1 N–H and O–H groups in total. The maximum atomic E-state index is 12.5. The number of benzene rings is 1. The van der Waals surface area contributed by atoms with Crippen molar-refractivity contribution >= 4 is 15.9 Å². The molecule has 0 aliphatic carbocycles. The highest BCUT2D eigenvalue weighted by molar-refractivity contribution is 7.91. The van der Waals surface area contributed by atoms with Gasteiger partial charge in [0.25, 0.3) is 0 Å². The van der Waals surface area contributed by atoms with Gasteiger partial charge in [-0.05, 0) is 31.4 Å². The van der Waals surface area contributed by atoms with Crippen molar-refractivity contribution in [2.24, 2.45) is 0 Å². The minimum atomic E-state index is -3.05. The number of hydrogen-bond acceptors (Lipinski definition) is 5. The number of hydrogen-bond donors (Lipinski definition) is 1. The maximum absolute atomic E-state index is 12.5. The van der Waals surface area contributed by atoms with E-state index in [9.17, 15) is 13.2 Å². The Morgan fingerprint density at radius 2 is 2.08 bits per heavy atom. The minimum Gasteiger partial charge on any atom is -0.493 e. The van der Waals surface area contributed by atoms with E-state index in [2.05, 4.69) is 5.32 Å². The fourth-order valence-electron chi connectivity index (χ4n) is 2.93. The van der Waals surface area contributed by atoms with Crippen LogP contribution in [0.4, 0.5) is 4.79 Å². The van der Waals surface area contributed by atoms with Crippen molar-refractivity contribution < 1.29 is 22.7 Å². The summed E-state index contributed by atoms with van der Waals surface area (Å²) in [6.45, 7) is 3.71. The molecule has 2 amide bonds. The Bertz CT molecular complexity index is 693. The Balaban J connectivity index is 1.77. The third-order valence-corrected chi connectivity index (χ3v) is 6.15. The van der Waals surface area contributed by atoms with Crippen molar-refractivity contribution in [1.29, 1.82) is 0 Å². The molecule has 0 radical (unpaired) electrons. The molecule has 0 aromatic heterocycles. The zero-order chi connectivity index (χ0) is 19.0. The smallest absolute Gasteiger partial charge is 0.317 e. The van der Waals surface area contributed by atoms with Gasteiger partial charge in [0.15, 0.2) is 9.84 Å². The third-order valence-electron chi connectivity index (χ3n) is 4.39. The van der Waals surface area contributed by atoms with Crippen molar-refractivity contribution in [3.05, 3.63) is 29.8 Å². The highest BCUT2D eigenvalue weighted by Crippen LogP contribution is 2.18. The van der Waals surface area contributed by atoms with Gasteiger partial charge >= 0.3 is 6.03 Å². The molecule has 0 saturated carbocycles. The Hall–Kier alpha value is -1.80. The van der Waals surface area contributed by atoms with E-state index in [4.69, 9.17) is 9.47 Å². The lowest BCUT2D eigenvalue weighted by molar-refractivity contribution is 0.133. The summed E-state index contributed by atoms with van der Waals surface area (Å²) >= 11 is 0. The number of sulfone groups is 1. The number of methoxy groups -OCH3 is 1. The predicted molar refractivity (Wildman–Crippen MR) is 100 cm³/mol. The van der Waals surface area contributed by atoms with Gasteiger partial charge in [-0.2, -0.15) is 0 Å². The summed E-state index contributed by atoms with van der Waals surface area (Å²) in [6, 6.07) is 7.26. The van der Waals surface area contributed by atoms with Gasteiger partial charge in [-0.25, -0.2) is 13.2 Å². The van der Waals surface area contributed by atoms with E-state index in [0.717, 1.165) is 11.3 Å². The summed E-state index contributed by atoms with van der Waals surface area (Å²) in [6.07, 6.45) is 1.15. The number of nitrogens with zero attached hydrogens (tertiary/aromatic N) is 1. The van der Waals surface area contributed by atoms with Crippen molar-refractivity contribution in [3.8, 4) is 5.75 Å². The normalized spacial score (nSPS) is 18.5.